The molecule has 24 heavy (non-hydrogen) atoms. The molecule has 0 aromatic heterocycles. The lowest BCUT2D eigenvalue weighted by Crippen LogP contribution is -2.30. The first kappa shape index (κ1) is 18.9. The second-order valence-electron chi connectivity index (χ2n) is 4.79. The van der Waals surface area contributed by atoms with E-state index in [0.29, 0.717) is 20.8 Å². The minimum Gasteiger partial charge on any atom is -0.449 e. The van der Waals surface area contributed by atoms with Crippen LogP contribution in [0.25, 0.3) is 0 Å². The molecule has 0 saturated carbocycles. The van der Waals surface area contributed by atoms with E-state index in [9.17, 15) is 9.59 Å². The fourth-order valence-corrected chi connectivity index (χ4v) is 2.37. The molecule has 1 amide bonds. The fraction of sp³-hybridized carbons (Fsp3) is 0.125. The average molecular weight is 407 g/mol. The molecule has 0 saturated heterocycles. The van der Waals surface area contributed by atoms with Gasteiger partial charge in [0.15, 0.2) is 6.10 Å². The number of amides is 1. The van der Waals surface area contributed by atoms with Crippen LogP contribution in [0.1, 0.15) is 17.3 Å². The summed E-state index contributed by atoms with van der Waals surface area (Å²) in [6.45, 7) is 1.43. The number of benzene rings is 2. The van der Waals surface area contributed by atoms with Gasteiger partial charge in [0, 0.05) is 5.02 Å². The Kier molecular flexibility index (Phi) is 6.35. The lowest BCUT2D eigenvalue weighted by atomic mass is 10.2. The number of carbonyl (C=O) groups excluding carboxylic acids is 2. The zero-order chi connectivity index (χ0) is 17.9. The van der Waals surface area contributed by atoms with E-state index in [1.54, 1.807) is 12.1 Å². The van der Waals surface area contributed by atoms with E-state index < -0.39 is 18.0 Å². The molecule has 2 aromatic rings. The van der Waals surface area contributed by atoms with Gasteiger partial charge in [0.2, 0.25) is 0 Å². The van der Waals surface area contributed by atoms with Crippen LogP contribution in [0.2, 0.25) is 20.1 Å². The summed E-state index contributed by atoms with van der Waals surface area (Å²) in [5.41, 5.74) is 0.511. The highest BCUT2D eigenvalue weighted by Crippen LogP contribution is 2.26. The molecule has 2 rings (SSSR count). The normalized spacial score (nSPS) is 11.7. The summed E-state index contributed by atoms with van der Waals surface area (Å²) in [4.78, 5) is 24.2. The van der Waals surface area contributed by atoms with Crippen molar-refractivity contribution in [2.24, 2.45) is 0 Å². The summed E-state index contributed by atoms with van der Waals surface area (Å²) in [5.74, 6) is -1.25. The Hall–Kier alpha value is -1.46. The van der Waals surface area contributed by atoms with Crippen LogP contribution < -0.4 is 5.32 Å². The van der Waals surface area contributed by atoms with Gasteiger partial charge in [-0.1, -0.05) is 46.4 Å². The number of anilines is 1. The number of hydrogen-bond donors (Lipinski definition) is 1. The van der Waals surface area contributed by atoms with Crippen LogP contribution in [-0.2, 0) is 9.53 Å². The van der Waals surface area contributed by atoms with Gasteiger partial charge in [-0.3, -0.25) is 4.79 Å². The molecule has 0 heterocycles. The smallest absolute Gasteiger partial charge is 0.338 e. The third-order valence-electron chi connectivity index (χ3n) is 2.99. The number of esters is 1. The standard InChI is InChI=1S/C16H11Cl4NO3/c1-8(15(22)21-14-7-10(17)3-5-12(14)19)24-16(23)9-2-4-11(18)13(20)6-9/h2-8H,1H3,(H,21,22). The molecule has 1 atom stereocenters. The van der Waals surface area contributed by atoms with Gasteiger partial charge in [0.25, 0.3) is 5.91 Å². The van der Waals surface area contributed by atoms with Gasteiger partial charge in [-0.05, 0) is 43.3 Å². The Labute approximate surface area is 158 Å². The second-order valence-corrected chi connectivity index (χ2v) is 6.45. The highest BCUT2D eigenvalue weighted by molar-refractivity contribution is 6.42. The fourth-order valence-electron chi connectivity index (χ4n) is 1.73. The van der Waals surface area contributed by atoms with Crippen molar-refractivity contribution in [2.45, 2.75) is 13.0 Å². The predicted molar refractivity (Wildman–Crippen MR) is 96.4 cm³/mol. The summed E-state index contributed by atoms with van der Waals surface area (Å²) in [6.07, 6.45) is -1.05. The van der Waals surface area contributed by atoms with Crippen LogP contribution in [0.5, 0.6) is 0 Å². The number of rotatable bonds is 4. The molecule has 0 fully saturated rings. The minimum absolute atomic E-state index is 0.185. The number of hydrogen-bond acceptors (Lipinski definition) is 3. The van der Waals surface area contributed by atoms with Gasteiger partial charge < -0.3 is 10.1 Å². The van der Waals surface area contributed by atoms with Gasteiger partial charge in [0.05, 0.1) is 26.3 Å². The molecule has 0 spiro atoms. The van der Waals surface area contributed by atoms with Gasteiger partial charge in [-0.15, -0.1) is 0 Å². The first-order valence-electron chi connectivity index (χ1n) is 6.70. The third kappa shape index (κ3) is 4.77. The van der Waals surface area contributed by atoms with Crippen LogP contribution in [0.3, 0.4) is 0 Å². The van der Waals surface area contributed by atoms with Gasteiger partial charge in [-0.25, -0.2) is 4.79 Å². The number of ether oxygens (including phenoxy) is 1. The molecule has 0 aliphatic rings. The monoisotopic (exact) mass is 405 g/mol. The summed E-state index contributed by atoms with van der Waals surface area (Å²) in [5, 5.41) is 3.81. The van der Waals surface area contributed by atoms with E-state index in [-0.39, 0.29) is 10.6 Å². The van der Waals surface area contributed by atoms with E-state index in [1.807, 2.05) is 0 Å². The highest BCUT2D eigenvalue weighted by atomic mass is 35.5. The Morgan fingerprint density at radius 3 is 2.29 bits per heavy atom. The van der Waals surface area contributed by atoms with E-state index >= 15 is 0 Å². The summed E-state index contributed by atoms with van der Waals surface area (Å²) < 4.78 is 5.11. The summed E-state index contributed by atoms with van der Waals surface area (Å²) in [7, 11) is 0. The predicted octanol–water partition coefficient (Wildman–Crippen LogP) is 5.48. The SMILES string of the molecule is CC(OC(=O)c1ccc(Cl)c(Cl)c1)C(=O)Nc1cc(Cl)ccc1Cl. The molecule has 126 valence electrons. The summed E-state index contributed by atoms with van der Waals surface area (Å²) in [6, 6.07) is 8.92. The highest BCUT2D eigenvalue weighted by Gasteiger charge is 2.20. The molecule has 4 nitrogen and oxygen atoms in total. The van der Waals surface area contributed by atoms with Crippen molar-refractivity contribution in [3.05, 3.63) is 62.1 Å². The Morgan fingerprint density at radius 1 is 0.958 bits per heavy atom. The first-order chi connectivity index (χ1) is 11.3. The third-order valence-corrected chi connectivity index (χ3v) is 4.30. The zero-order valence-corrected chi connectivity index (χ0v) is 15.3. The van der Waals surface area contributed by atoms with Crippen molar-refractivity contribution >= 4 is 64.0 Å². The lowest BCUT2D eigenvalue weighted by Gasteiger charge is -2.14. The van der Waals surface area contributed by atoms with Crippen molar-refractivity contribution < 1.29 is 14.3 Å². The van der Waals surface area contributed by atoms with E-state index in [2.05, 4.69) is 5.32 Å². The van der Waals surface area contributed by atoms with Crippen LogP contribution in [-0.4, -0.2) is 18.0 Å². The molecule has 0 bridgehead atoms. The van der Waals surface area contributed by atoms with Crippen LogP contribution in [0.15, 0.2) is 36.4 Å². The largest absolute Gasteiger partial charge is 0.449 e. The van der Waals surface area contributed by atoms with Crippen molar-refractivity contribution in [1.29, 1.82) is 0 Å². The minimum atomic E-state index is -1.05. The van der Waals surface area contributed by atoms with Crippen molar-refractivity contribution in [2.75, 3.05) is 5.32 Å². The second kappa shape index (κ2) is 8.08. The quantitative estimate of drug-likeness (QED) is 0.683. The van der Waals surface area contributed by atoms with Gasteiger partial charge in [0.1, 0.15) is 0 Å². The van der Waals surface area contributed by atoms with Crippen molar-refractivity contribution in [3.8, 4) is 0 Å². The van der Waals surface area contributed by atoms with Gasteiger partial charge in [-0.2, -0.15) is 0 Å². The van der Waals surface area contributed by atoms with E-state index in [0.717, 1.165) is 0 Å². The maximum absolute atomic E-state index is 12.1. The Balaban J connectivity index is 2.04. The van der Waals surface area contributed by atoms with Gasteiger partial charge >= 0.3 is 5.97 Å². The van der Waals surface area contributed by atoms with E-state index in [4.69, 9.17) is 51.1 Å². The lowest BCUT2D eigenvalue weighted by molar-refractivity contribution is -0.123. The topological polar surface area (TPSA) is 55.4 Å². The number of halogens is 4. The molecule has 0 aliphatic heterocycles. The summed E-state index contributed by atoms with van der Waals surface area (Å²) >= 11 is 23.5. The van der Waals surface area contributed by atoms with E-state index in [1.165, 1.54) is 31.2 Å². The molecule has 0 radical (unpaired) electrons. The molecular weight excluding hydrogens is 396 g/mol. The first-order valence-corrected chi connectivity index (χ1v) is 8.21. The maximum atomic E-state index is 12.1. The molecular formula is C16H11Cl4NO3. The Morgan fingerprint density at radius 2 is 1.62 bits per heavy atom. The van der Waals surface area contributed by atoms with Crippen LogP contribution in [0.4, 0.5) is 5.69 Å². The number of carbonyl (C=O) groups is 2. The van der Waals surface area contributed by atoms with Crippen LogP contribution in [0, 0.1) is 0 Å². The van der Waals surface area contributed by atoms with Crippen molar-refractivity contribution in [3.63, 3.8) is 0 Å². The molecule has 0 aliphatic carbocycles. The zero-order valence-electron chi connectivity index (χ0n) is 12.3. The van der Waals surface area contributed by atoms with Crippen LogP contribution >= 0.6 is 46.4 Å². The maximum Gasteiger partial charge on any atom is 0.338 e. The molecule has 8 heteroatoms. The number of nitrogens with one attached hydrogen (secondary N) is 1. The average Bonchev–Trinajstić information content (AvgIpc) is 2.53. The Bertz CT molecular complexity index is 795. The molecule has 2 aromatic carbocycles. The van der Waals surface area contributed by atoms with Crippen molar-refractivity contribution in [1.82, 2.24) is 0 Å². The molecule has 1 N–H and O–H groups in total. The molecule has 1 unspecified atom stereocenters.